The van der Waals surface area contributed by atoms with E-state index < -0.39 is 5.97 Å². The Labute approximate surface area is 184 Å². The molecule has 0 unspecified atom stereocenters. The van der Waals surface area contributed by atoms with Crippen LogP contribution in [0.3, 0.4) is 0 Å². The van der Waals surface area contributed by atoms with Crippen LogP contribution in [-0.2, 0) is 14.3 Å². The van der Waals surface area contributed by atoms with Crippen LogP contribution in [0.5, 0.6) is 11.5 Å². The molecule has 9 heteroatoms. The summed E-state index contributed by atoms with van der Waals surface area (Å²) in [5.41, 5.74) is 0.981. The summed E-state index contributed by atoms with van der Waals surface area (Å²) in [5.74, 6) is 1.19. The van der Waals surface area contributed by atoms with E-state index in [1.54, 1.807) is 30.0 Å². The van der Waals surface area contributed by atoms with Gasteiger partial charge in [-0.25, -0.2) is 4.79 Å². The molecule has 0 aliphatic carbocycles. The Morgan fingerprint density at radius 1 is 1.12 bits per heavy atom. The van der Waals surface area contributed by atoms with Crippen LogP contribution in [0.25, 0.3) is 6.08 Å². The number of aryl methyl sites for hydroxylation is 1. The smallest absolute Gasteiger partial charge is 0.341 e. The van der Waals surface area contributed by atoms with E-state index in [1.165, 1.54) is 25.3 Å². The van der Waals surface area contributed by atoms with Gasteiger partial charge in [0.05, 0.1) is 7.11 Å². The molecule has 0 saturated carbocycles. The summed E-state index contributed by atoms with van der Waals surface area (Å²) in [5, 5.41) is 2.91. The van der Waals surface area contributed by atoms with Gasteiger partial charge in [0.15, 0.2) is 11.5 Å². The minimum absolute atomic E-state index is 0.0760. The highest BCUT2D eigenvalue weighted by molar-refractivity contribution is 5.95. The molecule has 2 aliphatic rings. The number of rotatable bonds is 5. The number of likely N-dealkylation sites (tertiary alicyclic amines) is 1. The number of piperidine rings is 1. The molecule has 2 aliphatic heterocycles. The molecule has 3 heterocycles. The van der Waals surface area contributed by atoms with Gasteiger partial charge in [0.2, 0.25) is 18.6 Å². The lowest BCUT2D eigenvalue weighted by atomic mass is 9.95. The molecule has 1 N–H and O–H groups in total. The Balaban J connectivity index is 1.28. The number of benzene rings is 1. The molecule has 168 valence electrons. The molecule has 9 nitrogen and oxygen atoms in total. The van der Waals surface area contributed by atoms with Gasteiger partial charge in [0.25, 0.3) is 0 Å². The van der Waals surface area contributed by atoms with Gasteiger partial charge in [0, 0.05) is 36.8 Å². The number of hydrogen-bond donors (Lipinski definition) is 1. The molecular formula is C23H24N2O7. The van der Waals surface area contributed by atoms with Crippen LogP contribution in [0.4, 0.5) is 5.69 Å². The average molecular weight is 440 g/mol. The van der Waals surface area contributed by atoms with Crippen LogP contribution >= 0.6 is 0 Å². The third-order valence-electron chi connectivity index (χ3n) is 5.55. The van der Waals surface area contributed by atoms with Gasteiger partial charge in [-0.3, -0.25) is 9.59 Å². The van der Waals surface area contributed by atoms with Crippen molar-refractivity contribution in [3.63, 3.8) is 0 Å². The highest BCUT2D eigenvalue weighted by Crippen LogP contribution is 2.34. The molecule has 1 saturated heterocycles. The third-order valence-corrected chi connectivity index (χ3v) is 5.55. The van der Waals surface area contributed by atoms with E-state index in [0.29, 0.717) is 60.2 Å². The quantitative estimate of drug-likeness (QED) is 0.563. The van der Waals surface area contributed by atoms with Crippen molar-refractivity contribution in [2.75, 3.05) is 32.3 Å². The highest BCUT2D eigenvalue weighted by Gasteiger charge is 2.27. The fourth-order valence-electron chi connectivity index (χ4n) is 3.74. The van der Waals surface area contributed by atoms with E-state index in [9.17, 15) is 14.4 Å². The summed E-state index contributed by atoms with van der Waals surface area (Å²) >= 11 is 0. The van der Waals surface area contributed by atoms with E-state index >= 15 is 0 Å². The standard InChI is InChI=1S/C23H24N2O7/c1-14-18(23(28)29-2)12-17(32-14)4-6-21(26)25-9-7-15(8-10-25)22(27)24-16-3-5-19-20(11-16)31-13-30-19/h3-6,11-12,15H,7-10,13H2,1-2H3,(H,24,27)/b6-4-. The first-order chi connectivity index (χ1) is 15.4. The zero-order valence-corrected chi connectivity index (χ0v) is 17.9. The summed E-state index contributed by atoms with van der Waals surface area (Å²) in [6.07, 6.45) is 4.08. The van der Waals surface area contributed by atoms with Crippen molar-refractivity contribution in [1.29, 1.82) is 0 Å². The highest BCUT2D eigenvalue weighted by atomic mass is 16.7. The van der Waals surface area contributed by atoms with Crippen molar-refractivity contribution in [3.8, 4) is 11.5 Å². The molecule has 0 bridgehead atoms. The third kappa shape index (κ3) is 4.61. The number of furan rings is 1. The van der Waals surface area contributed by atoms with Crippen LogP contribution < -0.4 is 14.8 Å². The number of fused-ring (bicyclic) bond motifs is 1. The van der Waals surface area contributed by atoms with Crippen LogP contribution in [0.2, 0.25) is 0 Å². The first-order valence-corrected chi connectivity index (χ1v) is 10.3. The number of esters is 1. The van der Waals surface area contributed by atoms with Crippen molar-refractivity contribution in [2.45, 2.75) is 19.8 Å². The number of amides is 2. The molecule has 4 rings (SSSR count). The van der Waals surface area contributed by atoms with Crippen LogP contribution in [0.15, 0.2) is 34.8 Å². The Kier molecular flexibility index (Phi) is 6.16. The van der Waals surface area contributed by atoms with Gasteiger partial charge in [0.1, 0.15) is 17.1 Å². The van der Waals surface area contributed by atoms with Crippen molar-refractivity contribution >= 4 is 29.5 Å². The largest absolute Gasteiger partial charge is 0.465 e. The second kappa shape index (κ2) is 9.17. The predicted octanol–water partition coefficient (Wildman–Crippen LogP) is 2.99. The van der Waals surface area contributed by atoms with Crippen molar-refractivity contribution < 1.29 is 33.0 Å². The first kappa shape index (κ1) is 21.5. The minimum atomic E-state index is -0.488. The van der Waals surface area contributed by atoms with E-state index in [0.717, 1.165) is 0 Å². The lowest BCUT2D eigenvalue weighted by Crippen LogP contribution is -2.40. The maximum Gasteiger partial charge on any atom is 0.341 e. The predicted molar refractivity (Wildman–Crippen MR) is 114 cm³/mol. The second-order valence-corrected chi connectivity index (χ2v) is 7.60. The zero-order chi connectivity index (χ0) is 22.7. The Morgan fingerprint density at radius 2 is 1.88 bits per heavy atom. The average Bonchev–Trinajstić information content (AvgIpc) is 3.42. The van der Waals surface area contributed by atoms with Crippen molar-refractivity contribution in [2.24, 2.45) is 5.92 Å². The van der Waals surface area contributed by atoms with Crippen molar-refractivity contribution in [3.05, 3.63) is 47.4 Å². The SMILES string of the molecule is COC(=O)c1cc(/C=C\C(=O)N2CCC(C(=O)Nc3ccc4c(c3)OCO4)CC2)oc1C. The molecule has 0 radical (unpaired) electrons. The number of nitrogens with zero attached hydrogens (tertiary/aromatic N) is 1. The number of hydrogen-bond acceptors (Lipinski definition) is 7. The number of ether oxygens (including phenoxy) is 3. The lowest BCUT2D eigenvalue weighted by Gasteiger charge is -2.30. The Bertz CT molecular complexity index is 1060. The topological polar surface area (TPSA) is 107 Å². The van der Waals surface area contributed by atoms with Crippen LogP contribution in [0.1, 0.15) is 34.7 Å². The minimum Gasteiger partial charge on any atom is -0.465 e. The number of methoxy groups -OCH3 is 1. The summed E-state index contributed by atoms with van der Waals surface area (Å²) in [7, 11) is 1.30. The Hall–Kier alpha value is -3.75. The molecule has 2 amide bonds. The lowest BCUT2D eigenvalue weighted by molar-refractivity contribution is -0.130. The van der Waals surface area contributed by atoms with Gasteiger partial charge < -0.3 is 28.8 Å². The Morgan fingerprint density at radius 3 is 2.62 bits per heavy atom. The monoisotopic (exact) mass is 440 g/mol. The number of carbonyl (C=O) groups excluding carboxylic acids is 3. The molecule has 1 aromatic carbocycles. The second-order valence-electron chi connectivity index (χ2n) is 7.60. The van der Waals surface area contributed by atoms with Gasteiger partial charge in [-0.05, 0) is 44.0 Å². The van der Waals surface area contributed by atoms with Crippen molar-refractivity contribution in [1.82, 2.24) is 4.90 Å². The zero-order valence-electron chi connectivity index (χ0n) is 17.9. The molecule has 0 spiro atoms. The van der Waals surface area contributed by atoms with Crippen LogP contribution in [-0.4, -0.2) is 49.7 Å². The van der Waals surface area contributed by atoms with E-state index in [1.807, 2.05) is 0 Å². The molecule has 32 heavy (non-hydrogen) atoms. The summed E-state index contributed by atoms with van der Waals surface area (Å²) < 4.78 is 20.8. The maximum absolute atomic E-state index is 12.6. The van der Waals surface area contributed by atoms with Gasteiger partial charge in [-0.2, -0.15) is 0 Å². The fourth-order valence-corrected chi connectivity index (χ4v) is 3.74. The number of anilines is 1. The number of nitrogens with one attached hydrogen (secondary N) is 1. The summed E-state index contributed by atoms with van der Waals surface area (Å²) in [4.78, 5) is 38.5. The molecule has 1 aromatic heterocycles. The van der Waals surface area contributed by atoms with Gasteiger partial charge in [-0.15, -0.1) is 0 Å². The summed E-state index contributed by atoms with van der Waals surface area (Å²) in [6, 6.07) is 6.82. The normalized spacial score (nSPS) is 15.8. The molecule has 0 atom stereocenters. The van der Waals surface area contributed by atoms with E-state index in [4.69, 9.17) is 18.6 Å². The first-order valence-electron chi connectivity index (χ1n) is 10.3. The molecular weight excluding hydrogens is 416 g/mol. The molecule has 2 aromatic rings. The fraction of sp³-hybridized carbons (Fsp3) is 0.348. The molecule has 1 fully saturated rings. The maximum atomic E-state index is 12.6. The summed E-state index contributed by atoms with van der Waals surface area (Å²) in [6.45, 7) is 2.80. The van der Waals surface area contributed by atoms with Gasteiger partial charge >= 0.3 is 5.97 Å². The van der Waals surface area contributed by atoms with E-state index in [2.05, 4.69) is 5.32 Å². The van der Waals surface area contributed by atoms with Gasteiger partial charge in [-0.1, -0.05) is 0 Å². The number of carbonyl (C=O) groups is 3. The van der Waals surface area contributed by atoms with Crippen LogP contribution in [0, 0.1) is 12.8 Å². The van der Waals surface area contributed by atoms with E-state index in [-0.39, 0.29) is 24.5 Å².